The summed E-state index contributed by atoms with van der Waals surface area (Å²) in [5.41, 5.74) is 4.95. The number of non-ortho nitro benzene ring substituents is 1. The molecular formula is C22H26N3O3+. The number of nitrogens with two attached hydrogens (primary N) is 1. The summed E-state index contributed by atoms with van der Waals surface area (Å²) in [4.78, 5) is 14.4. The highest BCUT2D eigenvalue weighted by atomic mass is 16.6. The molecule has 0 aliphatic heterocycles. The van der Waals surface area contributed by atoms with Gasteiger partial charge >= 0.3 is 0 Å². The zero-order chi connectivity index (χ0) is 19.7. The van der Waals surface area contributed by atoms with Gasteiger partial charge in [0.1, 0.15) is 11.8 Å². The number of rotatable bonds is 6. The molecule has 0 radical (unpaired) electrons. The summed E-state index contributed by atoms with van der Waals surface area (Å²) < 4.78 is 5.23. The second-order valence-electron chi connectivity index (χ2n) is 7.72. The van der Waals surface area contributed by atoms with Gasteiger partial charge < -0.3 is 15.0 Å². The van der Waals surface area contributed by atoms with Gasteiger partial charge in [0.25, 0.3) is 5.69 Å². The van der Waals surface area contributed by atoms with Gasteiger partial charge in [0.2, 0.25) is 0 Å². The lowest BCUT2D eigenvalue weighted by molar-refractivity contribution is -0.726. The Morgan fingerprint density at radius 1 is 1.29 bits per heavy atom. The molecular weight excluding hydrogens is 354 g/mol. The molecule has 1 aromatic heterocycles. The monoisotopic (exact) mass is 380 g/mol. The highest BCUT2D eigenvalue weighted by Crippen LogP contribution is 2.34. The molecule has 0 saturated carbocycles. The van der Waals surface area contributed by atoms with E-state index in [0.29, 0.717) is 12.1 Å². The number of nitrogens with one attached hydrogen (secondary N) is 1. The van der Waals surface area contributed by atoms with Crippen LogP contribution in [0.15, 0.2) is 42.5 Å². The topological polar surface area (TPSA) is 84.8 Å². The maximum absolute atomic E-state index is 11.1. The van der Waals surface area contributed by atoms with Gasteiger partial charge in [-0.1, -0.05) is 12.1 Å². The third kappa shape index (κ3) is 3.60. The van der Waals surface area contributed by atoms with E-state index in [1.807, 2.05) is 18.2 Å². The van der Waals surface area contributed by atoms with E-state index in [0.717, 1.165) is 42.3 Å². The van der Waals surface area contributed by atoms with Crippen molar-refractivity contribution in [3.63, 3.8) is 0 Å². The molecule has 4 rings (SSSR count). The average molecular weight is 380 g/mol. The Kier molecular flexibility index (Phi) is 5.05. The third-order valence-corrected chi connectivity index (χ3v) is 5.72. The average Bonchev–Trinajstić information content (AvgIpc) is 3.07. The number of H-pyrrole nitrogens is 1. The number of hydrogen-bond acceptors (Lipinski definition) is 3. The van der Waals surface area contributed by atoms with Gasteiger partial charge in [-0.05, 0) is 49.1 Å². The van der Waals surface area contributed by atoms with E-state index in [4.69, 9.17) is 4.74 Å². The van der Waals surface area contributed by atoms with Crippen molar-refractivity contribution >= 4 is 16.6 Å². The molecule has 3 aromatic rings. The number of methoxy groups -OCH3 is 1. The lowest BCUT2D eigenvalue weighted by Crippen LogP contribution is -2.90. The fourth-order valence-electron chi connectivity index (χ4n) is 4.39. The van der Waals surface area contributed by atoms with Crippen molar-refractivity contribution in [2.45, 2.75) is 44.7 Å². The zero-order valence-corrected chi connectivity index (χ0v) is 16.3. The molecule has 6 heteroatoms. The highest BCUT2D eigenvalue weighted by Gasteiger charge is 2.28. The van der Waals surface area contributed by atoms with Crippen LogP contribution in [0.3, 0.4) is 0 Å². The van der Waals surface area contributed by atoms with Gasteiger partial charge in [-0.15, -0.1) is 0 Å². The molecule has 0 saturated heterocycles. The molecule has 1 heterocycles. The first-order valence-electron chi connectivity index (χ1n) is 9.82. The van der Waals surface area contributed by atoms with E-state index < -0.39 is 0 Å². The predicted molar refractivity (Wildman–Crippen MR) is 109 cm³/mol. The molecule has 0 spiro atoms. The summed E-state index contributed by atoms with van der Waals surface area (Å²) in [6.07, 6.45) is 4.20. The minimum atomic E-state index is -0.317. The number of quaternary nitrogens is 1. The van der Waals surface area contributed by atoms with E-state index in [9.17, 15) is 10.1 Å². The predicted octanol–water partition coefficient (Wildman–Crippen LogP) is 3.66. The maximum Gasteiger partial charge on any atom is 0.270 e. The van der Waals surface area contributed by atoms with E-state index >= 15 is 0 Å². The van der Waals surface area contributed by atoms with E-state index in [1.165, 1.54) is 16.8 Å². The van der Waals surface area contributed by atoms with Crippen molar-refractivity contribution < 1.29 is 15.0 Å². The summed E-state index contributed by atoms with van der Waals surface area (Å²) in [5.74, 6) is 0.879. The third-order valence-electron chi connectivity index (χ3n) is 5.72. The normalized spacial score (nSPS) is 17.3. The number of fused-ring (bicyclic) bond motifs is 3. The standard InChI is InChI=1S/C22H25N3O3/c1-14(12-15-6-9-17(28-2)10-7-15)23-21-5-3-4-18-19-13-16(25(26)27)8-11-20(19)24-22(18)21/h6-11,13-14,21,23-24H,3-5,12H2,1-2H3/p+1/t14-,21-/m0/s1. The van der Waals surface area contributed by atoms with Crippen molar-refractivity contribution in [1.82, 2.24) is 4.98 Å². The molecule has 1 aliphatic carbocycles. The molecule has 0 unspecified atom stereocenters. The van der Waals surface area contributed by atoms with Gasteiger partial charge in [0, 0.05) is 35.9 Å². The van der Waals surface area contributed by atoms with Crippen molar-refractivity contribution in [1.29, 1.82) is 0 Å². The SMILES string of the molecule is COc1ccc(C[C@H](C)[NH2+][C@H]2CCCc3c2[nH]c2ccc([N+](=O)[O-])cc32)cc1. The van der Waals surface area contributed by atoms with Crippen LogP contribution in [-0.4, -0.2) is 23.1 Å². The molecule has 28 heavy (non-hydrogen) atoms. The first kappa shape index (κ1) is 18.5. The van der Waals surface area contributed by atoms with E-state index in [-0.39, 0.29) is 10.6 Å². The molecule has 6 nitrogen and oxygen atoms in total. The number of nitro benzene ring substituents is 1. The fraction of sp³-hybridized carbons (Fsp3) is 0.364. The van der Waals surface area contributed by atoms with Gasteiger partial charge in [0.05, 0.1) is 23.8 Å². The fourth-order valence-corrected chi connectivity index (χ4v) is 4.39. The summed E-state index contributed by atoms with van der Waals surface area (Å²) in [6.45, 7) is 2.26. The second kappa shape index (κ2) is 7.64. The van der Waals surface area contributed by atoms with E-state index in [2.05, 4.69) is 29.4 Å². The quantitative estimate of drug-likeness (QED) is 0.506. The van der Waals surface area contributed by atoms with Crippen LogP contribution in [0.25, 0.3) is 10.9 Å². The molecule has 3 N–H and O–H groups in total. The Hall–Kier alpha value is -2.86. The van der Waals surface area contributed by atoms with Gasteiger partial charge in [-0.3, -0.25) is 10.1 Å². The van der Waals surface area contributed by atoms with Crippen molar-refractivity contribution in [3.05, 3.63) is 69.4 Å². The number of nitro groups is 1. The summed E-state index contributed by atoms with van der Waals surface area (Å²) in [5, 5.41) is 14.6. The van der Waals surface area contributed by atoms with Crippen LogP contribution in [0.2, 0.25) is 0 Å². The number of hydrogen-bond donors (Lipinski definition) is 2. The van der Waals surface area contributed by atoms with Crippen molar-refractivity contribution in [2.24, 2.45) is 0 Å². The van der Waals surface area contributed by atoms with Crippen molar-refractivity contribution in [3.8, 4) is 5.75 Å². The highest BCUT2D eigenvalue weighted by molar-refractivity contribution is 5.87. The van der Waals surface area contributed by atoms with Crippen molar-refractivity contribution in [2.75, 3.05) is 7.11 Å². The molecule has 0 bridgehead atoms. The number of ether oxygens (including phenoxy) is 1. The van der Waals surface area contributed by atoms with Crippen LogP contribution >= 0.6 is 0 Å². The summed E-state index contributed by atoms with van der Waals surface area (Å²) >= 11 is 0. The first-order chi connectivity index (χ1) is 13.5. The summed E-state index contributed by atoms with van der Waals surface area (Å²) in [7, 11) is 1.68. The Morgan fingerprint density at radius 3 is 2.79 bits per heavy atom. The maximum atomic E-state index is 11.1. The molecule has 2 aromatic carbocycles. The second-order valence-corrected chi connectivity index (χ2v) is 7.72. The number of nitrogens with zero attached hydrogens (tertiary/aromatic N) is 1. The number of aromatic amines is 1. The smallest absolute Gasteiger partial charge is 0.270 e. The number of benzene rings is 2. The Bertz CT molecular complexity index is 994. The lowest BCUT2D eigenvalue weighted by Gasteiger charge is -2.24. The Morgan fingerprint density at radius 2 is 2.07 bits per heavy atom. The van der Waals surface area contributed by atoms with Gasteiger partial charge in [-0.2, -0.15) is 0 Å². The van der Waals surface area contributed by atoms with Crippen LogP contribution in [0.5, 0.6) is 5.75 Å². The minimum Gasteiger partial charge on any atom is -0.497 e. The molecule has 1 aliphatic rings. The van der Waals surface area contributed by atoms with Gasteiger partial charge in [0.15, 0.2) is 0 Å². The number of aromatic nitrogens is 1. The number of aryl methyl sites for hydroxylation is 1. The van der Waals surface area contributed by atoms with Crippen LogP contribution in [0.1, 0.15) is 42.6 Å². The van der Waals surface area contributed by atoms with Crippen LogP contribution in [-0.2, 0) is 12.8 Å². The first-order valence-corrected chi connectivity index (χ1v) is 9.82. The minimum absolute atomic E-state index is 0.160. The van der Waals surface area contributed by atoms with Crippen LogP contribution in [0, 0.1) is 10.1 Å². The molecule has 146 valence electrons. The molecule has 0 fully saturated rings. The Labute approximate surface area is 164 Å². The van der Waals surface area contributed by atoms with Crippen LogP contribution < -0.4 is 10.1 Å². The van der Waals surface area contributed by atoms with Crippen LogP contribution in [0.4, 0.5) is 5.69 Å². The Balaban J connectivity index is 1.53. The largest absolute Gasteiger partial charge is 0.497 e. The zero-order valence-electron chi connectivity index (χ0n) is 16.3. The summed E-state index contributed by atoms with van der Waals surface area (Å²) in [6, 6.07) is 14.2. The molecule has 2 atom stereocenters. The molecule has 0 amide bonds. The van der Waals surface area contributed by atoms with E-state index in [1.54, 1.807) is 19.2 Å². The van der Waals surface area contributed by atoms with Gasteiger partial charge in [-0.25, -0.2) is 0 Å². The lowest BCUT2D eigenvalue weighted by atomic mass is 9.91.